The molecular weight excluding hydrogens is 251 g/mol. The van der Waals surface area contributed by atoms with Gasteiger partial charge in [0.2, 0.25) is 0 Å². The van der Waals surface area contributed by atoms with Crippen molar-refractivity contribution in [2.24, 2.45) is 0 Å². The summed E-state index contributed by atoms with van der Waals surface area (Å²) in [5, 5.41) is 12.2. The molecule has 2 nitrogen and oxygen atoms in total. The summed E-state index contributed by atoms with van der Waals surface area (Å²) >= 11 is 0. The first-order valence-corrected chi connectivity index (χ1v) is 6.73. The maximum Gasteiger partial charge on any atom is 0.123 e. The number of nitrogens with zero attached hydrogens (tertiary/aromatic N) is 1. The monoisotopic (exact) mass is 268 g/mol. The molecule has 0 spiro atoms. The van der Waals surface area contributed by atoms with Crippen LogP contribution in [0.2, 0.25) is 0 Å². The molecule has 0 saturated carbocycles. The number of benzene rings is 2. The molecule has 0 aliphatic rings. The second-order valence-electron chi connectivity index (χ2n) is 4.68. The average molecular weight is 268 g/mol. The number of hydrogen-bond acceptors (Lipinski definition) is 2. The smallest absolute Gasteiger partial charge is 0.123 e. The van der Waals surface area contributed by atoms with Crippen LogP contribution in [0.25, 0.3) is 0 Å². The standard InChI is InChI=1S/C17H17FN2/c18-17-9-8-15(12-19)16(11-17)13-20-10-4-7-14-5-2-1-3-6-14/h1-3,5-6,8-9,11,20H,4,7,10,13H2. The fourth-order valence-corrected chi connectivity index (χ4v) is 2.10. The van der Waals surface area contributed by atoms with Gasteiger partial charge in [-0.05, 0) is 48.7 Å². The van der Waals surface area contributed by atoms with E-state index in [4.69, 9.17) is 5.26 Å². The Hall–Kier alpha value is -2.18. The van der Waals surface area contributed by atoms with Crippen LogP contribution in [0.3, 0.4) is 0 Å². The first-order valence-electron chi connectivity index (χ1n) is 6.73. The van der Waals surface area contributed by atoms with Crippen molar-refractivity contribution in [3.8, 4) is 6.07 Å². The molecule has 2 aromatic rings. The molecular formula is C17H17FN2. The van der Waals surface area contributed by atoms with Crippen LogP contribution in [0, 0.1) is 17.1 Å². The van der Waals surface area contributed by atoms with E-state index >= 15 is 0 Å². The highest BCUT2D eigenvalue weighted by molar-refractivity contribution is 5.37. The maximum absolute atomic E-state index is 13.1. The topological polar surface area (TPSA) is 35.8 Å². The van der Waals surface area contributed by atoms with Gasteiger partial charge in [-0.2, -0.15) is 5.26 Å². The van der Waals surface area contributed by atoms with Crippen molar-refractivity contribution in [1.82, 2.24) is 5.32 Å². The summed E-state index contributed by atoms with van der Waals surface area (Å²) in [5.74, 6) is -0.301. The van der Waals surface area contributed by atoms with Gasteiger partial charge in [-0.3, -0.25) is 0 Å². The molecule has 2 aromatic carbocycles. The second-order valence-corrected chi connectivity index (χ2v) is 4.68. The molecule has 1 N–H and O–H groups in total. The van der Waals surface area contributed by atoms with Gasteiger partial charge >= 0.3 is 0 Å². The number of halogens is 1. The van der Waals surface area contributed by atoms with Crippen molar-refractivity contribution in [2.75, 3.05) is 6.54 Å². The van der Waals surface area contributed by atoms with E-state index in [1.165, 1.54) is 23.8 Å². The molecule has 3 heteroatoms. The summed E-state index contributed by atoms with van der Waals surface area (Å²) in [6.07, 6.45) is 2.03. The van der Waals surface area contributed by atoms with Crippen LogP contribution in [0.1, 0.15) is 23.1 Å². The zero-order valence-electron chi connectivity index (χ0n) is 11.3. The molecule has 102 valence electrons. The molecule has 0 aliphatic heterocycles. The van der Waals surface area contributed by atoms with Crippen molar-refractivity contribution in [3.05, 3.63) is 71.0 Å². The molecule has 0 aromatic heterocycles. The van der Waals surface area contributed by atoms with Gasteiger partial charge in [0.15, 0.2) is 0 Å². The predicted molar refractivity (Wildman–Crippen MR) is 77.6 cm³/mol. The molecule has 0 atom stereocenters. The third-order valence-electron chi connectivity index (χ3n) is 3.17. The summed E-state index contributed by atoms with van der Waals surface area (Å²) in [4.78, 5) is 0. The summed E-state index contributed by atoms with van der Waals surface area (Å²) in [7, 11) is 0. The lowest BCUT2D eigenvalue weighted by atomic mass is 10.1. The van der Waals surface area contributed by atoms with Gasteiger partial charge in [0.25, 0.3) is 0 Å². The van der Waals surface area contributed by atoms with Crippen LogP contribution in [0.15, 0.2) is 48.5 Å². The van der Waals surface area contributed by atoms with E-state index < -0.39 is 0 Å². The lowest BCUT2D eigenvalue weighted by Crippen LogP contribution is -2.16. The van der Waals surface area contributed by atoms with E-state index in [0.29, 0.717) is 17.7 Å². The summed E-state index contributed by atoms with van der Waals surface area (Å²) in [6.45, 7) is 1.37. The normalized spacial score (nSPS) is 10.2. The molecule has 0 bridgehead atoms. The average Bonchev–Trinajstić information content (AvgIpc) is 2.48. The lowest BCUT2D eigenvalue weighted by molar-refractivity contribution is 0.615. The maximum atomic E-state index is 13.1. The van der Waals surface area contributed by atoms with E-state index in [0.717, 1.165) is 19.4 Å². The zero-order valence-corrected chi connectivity index (χ0v) is 11.3. The van der Waals surface area contributed by atoms with Gasteiger partial charge in [0, 0.05) is 6.54 Å². The van der Waals surface area contributed by atoms with E-state index in [9.17, 15) is 4.39 Å². The number of rotatable bonds is 6. The van der Waals surface area contributed by atoms with Gasteiger partial charge in [-0.25, -0.2) is 4.39 Å². The van der Waals surface area contributed by atoms with E-state index in [1.807, 2.05) is 18.2 Å². The lowest BCUT2D eigenvalue weighted by Gasteiger charge is -2.07. The third-order valence-corrected chi connectivity index (χ3v) is 3.17. The van der Waals surface area contributed by atoms with Crippen LogP contribution in [-0.2, 0) is 13.0 Å². The Kier molecular flexibility index (Phi) is 5.28. The van der Waals surface area contributed by atoms with Crippen molar-refractivity contribution < 1.29 is 4.39 Å². The van der Waals surface area contributed by atoms with Crippen molar-refractivity contribution in [2.45, 2.75) is 19.4 Å². The molecule has 20 heavy (non-hydrogen) atoms. The van der Waals surface area contributed by atoms with Crippen LogP contribution in [-0.4, -0.2) is 6.54 Å². The van der Waals surface area contributed by atoms with E-state index in [-0.39, 0.29) is 5.82 Å². The molecule has 0 amide bonds. The highest BCUT2D eigenvalue weighted by atomic mass is 19.1. The highest BCUT2D eigenvalue weighted by Gasteiger charge is 2.03. The highest BCUT2D eigenvalue weighted by Crippen LogP contribution is 2.10. The second kappa shape index (κ2) is 7.42. The van der Waals surface area contributed by atoms with Crippen LogP contribution in [0.5, 0.6) is 0 Å². The number of nitriles is 1. The van der Waals surface area contributed by atoms with Crippen LogP contribution >= 0.6 is 0 Å². The SMILES string of the molecule is N#Cc1ccc(F)cc1CNCCCc1ccccc1. The Bertz CT molecular complexity index is 588. The molecule has 0 heterocycles. The Morgan fingerprint density at radius 2 is 1.90 bits per heavy atom. The Morgan fingerprint density at radius 1 is 1.10 bits per heavy atom. The fraction of sp³-hybridized carbons (Fsp3) is 0.235. The minimum Gasteiger partial charge on any atom is -0.313 e. The fourth-order valence-electron chi connectivity index (χ4n) is 2.10. The number of nitrogens with one attached hydrogen (secondary N) is 1. The Morgan fingerprint density at radius 3 is 2.65 bits per heavy atom. The molecule has 0 unspecified atom stereocenters. The summed E-state index contributed by atoms with van der Waals surface area (Å²) < 4.78 is 13.1. The molecule has 0 aliphatic carbocycles. The largest absolute Gasteiger partial charge is 0.313 e. The van der Waals surface area contributed by atoms with Crippen LogP contribution < -0.4 is 5.32 Å². The van der Waals surface area contributed by atoms with Crippen molar-refractivity contribution in [1.29, 1.82) is 5.26 Å². The van der Waals surface area contributed by atoms with Gasteiger partial charge in [-0.15, -0.1) is 0 Å². The molecule has 0 radical (unpaired) electrons. The quantitative estimate of drug-likeness (QED) is 0.815. The van der Waals surface area contributed by atoms with Gasteiger partial charge in [0.05, 0.1) is 11.6 Å². The van der Waals surface area contributed by atoms with Crippen molar-refractivity contribution in [3.63, 3.8) is 0 Å². The third kappa shape index (κ3) is 4.18. The first-order chi connectivity index (χ1) is 9.79. The molecule has 0 fully saturated rings. The summed E-state index contributed by atoms with van der Waals surface area (Å²) in [5.41, 5.74) is 2.56. The number of hydrogen-bond donors (Lipinski definition) is 1. The van der Waals surface area contributed by atoms with Crippen molar-refractivity contribution >= 4 is 0 Å². The molecule has 0 saturated heterocycles. The van der Waals surface area contributed by atoms with Gasteiger partial charge in [-0.1, -0.05) is 30.3 Å². The Balaban J connectivity index is 1.76. The zero-order chi connectivity index (χ0) is 14.2. The molecule has 2 rings (SSSR count). The predicted octanol–water partition coefficient (Wildman–Crippen LogP) is 3.42. The Labute approximate surface area is 118 Å². The minimum absolute atomic E-state index is 0.301. The van der Waals surface area contributed by atoms with E-state index in [1.54, 1.807) is 0 Å². The van der Waals surface area contributed by atoms with Crippen LogP contribution in [0.4, 0.5) is 4.39 Å². The van der Waals surface area contributed by atoms with E-state index in [2.05, 4.69) is 23.5 Å². The number of aryl methyl sites for hydroxylation is 1. The minimum atomic E-state index is -0.301. The summed E-state index contributed by atoms with van der Waals surface area (Å²) in [6, 6.07) is 16.6. The van der Waals surface area contributed by atoms with Gasteiger partial charge < -0.3 is 5.32 Å². The first kappa shape index (κ1) is 14.2. The van der Waals surface area contributed by atoms with Gasteiger partial charge in [0.1, 0.15) is 5.82 Å².